The number of carbonyl (C=O) groups excluding carboxylic acids is 1. The highest BCUT2D eigenvalue weighted by Crippen LogP contribution is 2.19. The molecule has 0 aromatic heterocycles. The number of hydrogen-bond donors (Lipinski definition) is 2. The van der Waals surface area contributed by atoms with E-state index in [4.69, 9.17) is 11.6 Å². The highest BCUT2D eigenvalue weighted by molar-refractivity contribution is 6.33. The molecule has 0 saturated heterocycles. The fourth-order valence-corrected chi connectivity index (χ4v) is 2.72. The maximum atomic E-state index is 12.4. The maximum absolute atomic E-state index is 12.4. The molecule has 0 spiro atoms. The van der Waals surface area contributed by atoms with Crippen LogP contribution < -0.4 is 5.43 Å². The first kappa shape index (κ1) is 17.9. The number of amides is 1. The molecule has 0 aliphatic heterocycles. The summed E-state index contributed by atoms with van der Waals surface area (Å²) in [7, 11) is 0. The molecule has 3 aromatic carbocycles. The Balaban J connectivity index is 1.92. The Morgan fingerprint density at radius 1 is 0.885 bits per heavy atom. The third-order valence-corrected chi connectivity index (χ3v) is 4.17. The summed E-state index contributed by atoms with van der Waals surface area (Å²) in [6, 6.07) is 25.1. The lowest BCUT2D eigenvalue weighted by atomic mass is 9.99. The van der Waals surface area contributed by atoms with Crippen molar-refractivity contribution in [1.29, 1.82) is 0 Å². The van der Waals surface area contributed by atoms with Gasteiger partial charge in [0.15, 0.2) is 0 Å². The van der Waals surface area contributed by atoms with Gasteiger partial charge in [-0.15, -0.1) is 0 Å². The van der Waals surface area contributed by atoms with Crippen LogP contribution in [0, 0.1) is 0 Å². The number of aliphatic hydroxyl groups excluding tert-OH is 1. The van der Waals surface area contributed by atoms with Crippen LogP contribution in [0.25, 0.3) is 0 Å². The Hall–Kier alpha value is -2.95. The third-order valence-electron chi connectivity index (χ3n) is 3.84. The van der Waals surface area contributed by atoms with E-state index in [9.17, 15) is 9.90 Å². The first-order valence-electron chi connectivity index (χ1n) is 8.07. The first-order chi connectivity index (χ1) is 12.7. The Bertz CT molecular complexity index is 912. The van der Waals surface area contributed by atoms with E-state index in [1.54, 1.807) is 36.4 Å². The molecule has 0 radical (unpaired) electrons. The Morgan fingerprint density at radius 2 is 1.46 bits per heavy atom. The van der Waals surface area contributed by atoms with Crippen molar-refractivity contribution in [3.63, 3.8) is 0 Å². The summed E-state index contributed by atoms with van der Waals surface area (Å²) in [6.45, 7) is 0. The van der Waals surface area contributed by atoms with Gasteiger partial charge >= 0.3 is 0 Å². The molecular weight excluding hydrogens is 348 g/mol. The second-order valence-electron chi connectivity index (χ2n) is 5.60. The number of benzene rings is 3. The van der Waals surface area contributed by atoms with Crippen molar-refractivity contribution in [3.05, 3.63) is 107 Å². The number of nitrogens with zero attached hydrogens (tertiary/aromatic N) is 1. The summed E-state index contributed by atoms with van der Waals surface area (Å²) >= 11 is 6.05. The minimum atomic E-state index is -0.981. The standard InChI is InChI=1S/C21H17ClN2O2/c22-18-14-8-7-13-17(18)21(26)24-23-19(15-9-3-1-4-10-15)20(25)16-11-5-2-6-12-16/h1-14,20,25H,(H,24,26)/b23-19-. The van der Waals surface area contributed by atoms with Crippen LogP contribution in [0.5, 0.6) is 0 Å². The molecule has 1 unspecified atom stereocenters. The van der Waals surface area contributed by atoms with Crippen molar-refractivity contribution >= 4 is 23.2 Å². The molecule has 0 aliphatic rings. The summed E-state index contributed by atoms with van der Waals surface area (Å²) in [6.07, 6.45) is -0.981. The molecule has 0 heterocycles. The quantitative estimate of drug-likeness (QED) is 0.526. The zero-order chi connectivity index (χ0) is 18.4. The average Bonchev–Trinajstić information content (AvgIpc) is 2.69. The van der Waals surface area contributed by atoms with Crippen molar-refractivity contribution in [2.45, 2.75) is 6.10 Å². The lowest BCUT2D eigenvalue weighted by molar-refractivity contribution is 0.0954. The lowest BCUT2D eigenvalue weighted by Crippen LogP contribution is -2.23. The molecule has 1 amide bonds. The van der Waals surface area contributed by atoms with Gasteiger partial charge in [0.1, 0.15) is 11.8 Å². The summed E-state index contributed by atoms with van der Waals surface area (Å²) in [5.74, 6) is -0.440. The molecule has 0 fully saturated rings. The van der Waals surface area contributed by atoms with Crippen LogP contribution in [0.4, 0.5) is 0 Å². The minimum absolute atomic E-state index is 0.319. The summed E-state index contributed by atoms with van der Waals surface area (Å²) in [4.78, 5) is 12.4. The van der Waals surface area contributed by atoms with Crippen LogP contribution in [0.1, 0.15) is 27.6 Å². The van der Waals surface area contributed by atoms with Crippen LogP contribution in [0.15, 0.2) is 90.0 Å². The highest BCUT2D eigenvalue weighted by atomic mass is 35.5. The number of rotatable bonds is 5. The number of carbonyl (C=O) groups is 1. The zero-order valence-electron chi connectivity index (χ0n) is 13.8. The lowest BCUT2D eigenvalue weighted by Gasteiger charge is -2.15. The molecule has 4 nitrogen and oxygen atoms in total. The van der Waals surface area contributed by atoms with Gasteiger partial charge in [0, 0.05) is 5.56 Å². The SMILES string of the molecule is O=C(N/N=C(/c1ccccc1)C(O)c1ccccc1)c1ccccc1Cl. The van der Waals surface area contributed by atoms with Crippen molar-refractivity contribution < 1.29 is 9.90 Å². The monoisotopic (exact) mass is 364 g/mol. The van der Waals surface area contributed by atoms with Gasteiger partial charge in [-0.05, 0) is 17.7 Å². The van der Waals surface area contributed by atoms with Gasteiger partial charge in [-0.1, -0.05) is 84.4 Å². The zero-order valence-corrected chi connectivity index (χ0v) is 14.6. The summed E-state index contributed by atoms with van der Waals surface area (Å²) in [5.41, 5.74) is 4.55. The smallest absolute Gasteiger partial charge is 0.272 e. The van der Waals surface area contributed by atoms with E-state index < -0.39 is 12.0 Å². The van der Waals surface area contributed by atoms with Crippen molar-refractivity contribution in [2.75, 3.05) is 0 Å². The largest absolute Gasteiger partial charge is 0.382 e. The fourth-order valence-electron chi connectivity index (χ4n) is 2.50. The van der Waals surface area contributed by atoms with E-state index in [0.29, 0.717) is 27.4 Å². The van der Waals surface area contributed by atoms with Crippen LogP contribution in [0.3, 0.4) is 0 Å². The number of aliphatic hydroxyl groups is 1. The molecule has 0 bridgehead atoms. The molecule has 3 rings (SSSR count). The summed E-state index contributed by atoms with van der Waals surface area (Å²) < 4.78 is 0. The van der Waals surface area contributed by atoms with E-state index in [1.807, 2.05) is 48.5 Å². The normalized spacial score (nSPS) is 12.5. The predicted molar refractivity (Wildman–Crippen MR) is 103 cm³/mol. The van der Waals surface area contributed by atoms with E-state index in [0.717, 1.165) is 0 Å². The molecule has 2 N–H and O–H groups in total. The van der Waals surface area contributed by atoms with Crippen molar-refractivity contribution in [1.82, 2.24) is 5.43 Å². The molecule has 0 saturated carbocycles. The third kappa shape index (κ3) is 4.17. The number of nitrogens with one attached hydrogen (secondary N) is 1. The average molecular weight is 365 g/mol. The maximum Gasteiger partial charge on any atom is 0.272 e. The van der Waals surface area contributed by atoms with Crippen LogP contribution in [-0.2, 0) is 0 Å². The van der Waals surface area contributed by atoms with Gasteiger partial charge in [-0.2, -0.15) is 5.10 Å². The minimum Gasteiger partial charge on any atom is -0.382 e. The van der Waals surface area contributed by atoms with E-state index in [2.05, 4.69) is 10.5 Å². The van der Waals surface area contributed by atoms with Gasteiger partial charge in [0.25, 0.3) is 5.91 Å². The van der Waals surface area contributed by atoms with E-state index in [-0.39, 0.29) is 0 Å². The van der Waals surface area contributed by atoms with Gasteiger partial charge in [0.2, 0.25) is 0 Å². The van der Waals surface area contributed by atoms with Crippen LogP contribution in [0.2, 0.25) is 5.02 Å². The first-order valence-corrected chi connectivity index (χ1v) is 8.45. The molecule has 5 heteroatoms. The van der Waals surface area contributed by atoms with E-state index >= 15 is 0 Å². The van der Waals surface area contributed by atoms with Gasteiger partial charge in [-0.3, -0.25) is 4.79 Å². The molecular formula is C21H17ClN2O2. The van der Waals surface area contributed by atoms with Gasteiger partial charge in [-0.25, -0.2) is 5.43 Å². The Kier molecular flexibility index (Phi) is 5.79. The number of hydrogen-bond acceptors (Lipinski definition) is 3. The predicted octanol–water partition coefficient (Wildman–Crippen LogP) is 4.21. The van der Waals surface area contributed by atoms with Gasteiger partial charge in [0.05, 0.1) is 10.6 Å². The number of halogens is 1. The van der Waals surface area contributed by atoms with E-state index in [1.165, 1.54) is 0 Å². The molecule has 130 valence electrons. The fraction of sp³-hybridized carbons (Fsp3) is 0.0476. The molecule has 3 aromatic rings. The Labute approximate surface area is 156 Å². The van der Waals surface area contributed by atoms with Crippen molar-refractivity contribution in [3.8, 4) is 0 Å². The number of hydrazone groups is 1. The van der Waals surface area contributed by atoms with Crippen LogP contribution >= 0.6 is 11.6 Å². The molecule has 0 aliphatic carbocycles. The second-order valence-corrected chi connectivity index (χ2v) is 6.00. The second kappa shape index (κ2) is 8.43. The van der Waals surface area contributed by atoms with Gasteiger partial charge < -0.3 is 5.11 Å². The van der Waals surface area contributed by atoms with Crippen LogP contribution in [-0.4, -0.2) is 16.7 Å². The molecule has 1 atom stereocenters. The van der Waals surface area contributed by atoms with Crippen molar-refractivity contribution in [2.24, 2.45) is 5.10 Å². The highest BCUT2D eigenvalue weighted by Gasteiger charge is 2.18. The topological polar surface area (TPSA) is 61.7 Å². The Morgan fingerprint density at radius 3 is 2.12 bits per heavy atom. The molecule has 26 heavy (non-hydrogen) atoms. The summed E-state index contributed by atoms with van der Waals surface area (Å²) in [5, 5.41) is 15.3.